The molecule has 0 atom stereocenters. The largest absolute Gasteiger partial charge is 2.00 e. The summed E-state index contributed by atoms with van der Waals surface area (Å²) in [6.07, 6.45) is 3.81. The zero-order chi connectivity index (χ0) is 35.8. The van der Waals surface area contributed by atoms with Crippen LogP contribution in [0.4, 0.5) is 0 Å². The fraction of sp³-hybridized carbons (Fsp3) is 0.149. The van der Waals surface area contributed by atoms with Gasteiger partial charge < -0.3 is 13.9 Å². The summed E-state index contributed by atoms with van der Waals surface area (Å²) in [7, 11) is 0. The number of ether oxygens (including phenoxy) is 1. The molecule has 0 aliphatic carbocycles. The first-order chi connectivity index (χ1) is 25.7. The first kappa shape index (κ1) is 33.3. The Morgan fingerprint density at radius 2 is 1.31 bits per heavy atom. The zero-order valence-electron chi connectivity index (χ0n) is 30.4. The topological polar surface area (TPSA) is 44.9 Å². The Balaban J connectivity index is 0.00000361. The van der Waals surface area contributed by atoms with E-state index in [1.54, 1.807) is 0 Å². The molecule has 7 heteroatoms. The van der Waals surface area contributed by atoms with Gasteiger partial charge in [-0.25, -0.2) is 9.97 Å². The van der Waals surface area contributed by atoms with Crippen molar-refractivity contribution in [3.8, 4) is 23.1 Å². The van der Waals surface area contributed by atoms with E-state index in [2.05, 4.69) is 141 Å². The molecule has 0 spiro atoms. The van der Waals surface area contributed by atoms with Gasteiger partial charge in [0.2, 0.25) is 0 Å². The average Bonchev–Trinajstić information content (AvgIpc) is 3.81. The van der Waals surface area contributed by atoms with Crippen LogP contribution < -0.4 is 4.74 Å². The number of fused-ring (bicyclic) bond motifs is 12. The molecule has 0 saturated carbocycles. The summed E-state index contributed by atoms with van der Waals surface area (Å²) < 4.78 is 13.8. The number of para-hydroxylation sites is 1. The molecule has 5 nitrogen and oxygen atoms in total. The van der Waals surface area contributed by atoms with Gasteiger partial charge in [0.15, 0.2) is 0 Å². The van der Waals surface area contributed by atoms with Crippen LogP contribution in [-0.4, -0.2) is 19.1 Å². The van der Waals surface area contributed by atoms with Crippen molar-refractivity contribution in [2.75, 3.05) is 0 Å². The molecule has 5 aromatic heterocycles. The molecule has 0 bridgehead atoms. The quantitative estimate of drug-likeness (QED) is 0.166. The summed E-state index contributed by atoms with van der Waals surface area (Å²) in [6.45, 7) is 11.3. The van der Waals surface area contributed by atoms with Crippen LogP contribution in [0, 0.1) is 12.1 Å². The fourth-order valence-electron chi connectivity index (χ4n) is 8.59. The van der Waals surface area contributed by atoms with Crippen LogP contribution in [0.2, 0.25) is 0 Å². The summed E-state index contributed by atoms with van der Waals surface area (Å²) in [5.41, 5.74) is 7.67. The number of thiophene rings is 1. The monoisotopic (exact) mass is 897 g/mol. The molecule has 264 valence electrons. The van der Waals surface area contributed by atoms with Crippen molar-refractivity contribution in [2.24, 2.45) is 0 Å². The number of hydrogen-bond donors (Lipinski definition) is 0. The number of aromatic nitrogens is 4. The van der Waals surface area contributed by atoms with Crippen molar-refractivity contribution >= 4 is 75.1 Å². The third kappa shape index (κ3) is 4.60. The number of nitrogens with zero attached hydrogens (tertiary/aromatic N) is 4. The van der Waals surface area contributed by atoms with Gasteiger partial charge in [-0.3, -0.25) is 0 Å². The van der Waals surface area contributed by atoms with Gasteiger partial charge in [-0.1, -0.05) is 94.2 Å². The summed E-state index contributed by atoms with van der Waals surface area (Å²) in [6, 6.07) is 44.1. The Morgan fingerprint density at radius 1 is 0.630 bits per heavy atom. The molecule has 1 aliphatic heterocycles. The second-order valence-electron chi connectivity index (χ2n) is 15.7. The summed E-state index contributed by atoms with van der Waals surface area (Å²) in [5.74, 6) is 3.05. The summed E-state index contributed by atoms with van der Waals surface area (Å²) in [4.78, 5) is 9.90. The molecule has 0 amide bonds. The average molecular weight is 898 g/mol. The van der Waals surface area contributed by atoms with E-state index in [9.17, 15) is 0 Å². The van der Waals surface area contributed by atoms with E-state index >= 15 is 0 Å². The molecule has 54 heavy (non-hydrogen) atoms. The van der Waals surface area contributed by atoms with Crippen LogP contribution in [-0.2, 0) is 31.9 Å². The van der Waals surface area contributed by atoms with Gasteiger partial charge in [0.1, 0.15) is 11.6 Å². The minimum atomic E-state index is -0.183. The van der Waals surface area contributed by atoms with Crippen LogP contribution >= 0.6 is 11.3 Å². The molecule has 5 aromatic carbocycles. The fourth-order valence-corrected chi connectivity index (χ4v) is 9.69. The Hall–Kier alpha value is -5.29. The van der Waals surface area contributed by atoms with Crippen molar-refractivity contribution in [2.45, 2.75) is 45.4 Å². The van der Waals surface area contributed by atoms with Crippen molar-refractivity contribution in [3.05, 3.63) is 144 Å². The second-order valence-corrected chi connectivity index (χ2v) is 16.8. The van der Waals surface area contributed by atoms with Gasteiger partial charge in [-0.15, -0.1) is 46.4 Å². The third-order valence-electron chi connectivity index (χ3n) is 11.2. The standard InChI is InChI=1S/C47H34N4OS.Pt/c1-46(2,3)27-21-23-48-41(24-27)50-37-25-28(16-18-31(37)33-19-20-40-42(44(33)50)34-10-6-7-14-39(34)53-40)52-29-15-17-30-32-11-8-12-35-43(32)51(38(30)26-29)45-36(47(35,4)5)13-9-22-49-45;/h6-24H,1-5H3;/q-2;+2. The Morgan fingerprint density at radius 3 is 2.09 bits per heavy atom. The molecule has 11 rings (SSSR count). The molecular weight excluding hydrogens is 864 g/mol. The van der Waals surface area contributed by atoms with Crippen molar-refractivity contribution in [3.63, 3.8) is 0 Å². The number of pyridine rings is 2. The van der Waals surface area contributed by atoms with E-state index in [1.807, 2.05) is 41.9 Å². The number of hydrogen-bond acceptors (Lipinski definition) is 4. The maximum atomic E-state index is 6.70. The summed E-state index contributed by atoms with van der Waals surface area (Å²) in [5, 5.41) is 7.08. The first-order valence-corrected chi connectivity index (χ1v) is 18.9. The molecule has 0 fully saturated rings. The molecule has 10 aromatic rings. The summed E-state index contributed by atoms with van der Waals surface area (Å²) >= 11 is 1.83. The van der Waals surface area contributed by atoms with Gasteiger partial charge in [-0.2, -0.15) is 12.1 Å². The number of benzene rings is 5. The third-order valence-corrected chi connectivity index (χ3v) is 12.4. The Kier molecular flexibility index (Phi) is 7.15. The van der Waals surface area contributed by atoms with Crippen LogP contribution in [0.5, 0.6) is 11.5 Å². The van der Waals surface area contributed by atoms with Crippen LogP contribution in [0.15, 0.2) is 116 Å². The predicted molar refractivity (Wildman–Crippen MR) is 219 cm³/mol. The molecule has 0 unspecified atom stereocenters. The predicted octanol–water partition coefficient (Wildman–Crippen LogP) is 12.4. The SMILES string of the molecule is CC(C)(C)c1ccnc(-n2c3[c-]c(Oc4[c-]c5c(cc4)c4cccc6c4n5-c4ncccc4C6(C)C)ccc3c3ccc4sc5ccccc5c4c32)c1.[Pt+2]. The minimum absolute atomic E-state index is 0. The van der Waals surface area contributed by atoms with Gasteiger partial charge in [0.25, 0.3) is 0 Å². The molecule has 6 heterocycles. The molecule has 0 N–H and O–H groups in total. The maximum Gasteiger partial charge on any atom is 2.00 e. The van der Waals surface area contributed by atoms with Crippen molar-refractivity contribution < 1.29 is 25.8 Å². The first-order valence-electron chi connectivity index (χ1n) is 18.1. The van der Waals surface area contributed by atoms with Crippen LogP contribution in [0.25, 0.3) is 75.4 Å². The van der Waals surface area contributed by atoms with Gasteiger partial charge in [0.05, 0.1) is 5.52 Å². The van der Waals surface area contributed by atoms with E-state index < -0.39 is 0 Å². The van der Waals surface area contributed by atoms with E-state index in [1.165, 1.54) is 53.2 Å². The van der Waals surface area contributed by atoms with E-state index in [4.69, 9.17) is 14.7 Å². The van der Waals surface area contributed by atoms with Gasteiger partial charge >= 0.3 is 21.1 Å². The van der Waals surface area contributed by atoms with Crippen molar-refractivity contribution in [1.29, 1.82) is 0 Å². The van der Waals surface area contributed by atoms with E-state index in [0.717, 1.165) is 39.0 Å². The van der Waals surface area contributed by atoms with Crippen molar-refractivity contribution in [1.82, 2.24) is 19.1 Å². The second kappa shape index (κ2) is 11.6. The smallest absolute Gasteiger partial charge is 0.509 e. The molecule has 0 saturated heterocycles. The van der Waals surface area contributed by atoms with Gasteiger partial charge in [0, 0.05) is 60.6 Å². The molecule has 0 radical (unpaired) electrons. The van der Waals surface area contributed by atoms with E-state index in [0.29, 0.717) is 11.5 Å². The Labute approximate surface area is 331 Å². The van der Waals surface area contributed by atoms with Crippen LogP contribution in [0.3, 0.4) is 0 Å². The zero-order valence-corrected chi connectivity index (χ0v) is 33.5. The Bertz CT molecular complexity index is 3180. The molecular formula is C47H34N4OPtS. The van der Waals surface area contributed by atoms with Crippen LogP contribution in [0.1, 0.15) is 51.3 Å². The minimum Gasteiger partial charge on any atom is -0.509 e. The van der Waals surface area contributed by atoms with Gasteiger partial charge in [-0.05, 0) is 57.6 Å². The maximum absolute atomic E-state index is 6.70. The molecule has 1 aliphatic rings. The van der Waals surface area contributed by atoms with E-state index in [-0.39, 0.29) is 31.9 Å². The normalized spacial score (nSPS) is 13.6. The number of rotatable bonds is 3.